The molecule has 3 aromatic rings. The van der Waals surface area contributed by atoms with E-state index in [4.69, 9.17) is 11.6 Å². The fraction of sp³-hybridized carbons (Fsp3) is 0.0769. The number of halogens is 1. The van der Waals surface area contributed by atoms with E-state index in [1.807, 2.05) is 0 Å². The summed E-state index contributed by atoms with van der Waals surface area (Å²) in [6, 6.07) is 5.86. The van der Waals surface area contributed by atoms with Crippen LogP contribution in [0.15, 0.2) is 40.8 Å². The van der Waals surface area contributed by atoms with Crippen LogP contribution in [0, 0.1) is 10.1 Å². The third-order valence-electron chi connectivity index (χ3n) is 3.03. The van der Waals surface area contributed by atoms with Crippen molar-refractivity contribution in [3.05, 3.63) is 67.0 Å². The smallest absolute Gasteiger partial charge is 0.269 e. The minimum Gasteiger partial charge on any atom is -0.294 e. The third kappa shape index (κ3) is 2.53. The van der Waals surface area contributed by atoms with Crippen molar-refractivity contribution in [2.75, 3.05) is 0 Å². The normalized spacial score (nSPS) is 10.9. The molecule has 8 heteroatoms. The highest BCUT2D eigenvalue weighted by Gasteiger charge is 2.12. The molecule has 0 aliphatic rings. The van der Waals surface area contributed by atoms with Gasteiger partial charge in [0.25, 0.3) is 11.2 Å². The molecule has 0 aliphatic heterocycles. The molecule has 0 radical (unpaired) electrons. The number of thiophene rings is 1. The number of rotatable bonds is 3. The first kappa shape index (κ1) is 13.7. The van der Waals surface area contributed by atoms with Crippen LogP contribution in [0.5, 0.6) is 0 Å². The summed E-state index contributed by atoms with van der Waals surface area (Å²) in [7, 11) is 0. The zero-order valence-electron chi connectivity index (χ0n) is 10.5. The molecule has 0 bridgehead atoms. The van der Waals surface area contributed by atoms with Crippen molar-refractivity contribution in [2.24, 2.45) is 0 Å². The molecule has 0 N–H and O–H groups in total. The second-order valence-corrected chi connectivity index (χ2v) is 5.65. The van der Waals surface area contributed by atoms with Gasteiger partial charge in [-0.15, -0.1) is 11.3 Å². The molecule has 0 aliphatic carbocycles. The Hall–Kier alpha value is -2.25. The van der Waals surface area contributed by atoms with Crippen LogP contribution in [-0.2, 0) is 6.54 Å². The molecule has 0 atom stereocenters. The average molecular weight is 322 g/mol. The van der Waals surface area contributed by atoms with Crippen LogP contribution in [0.4, 0.5) is 5.69 Å². The molecule has 0 spiro atoms. The van der Waals surface area contributed by atoms with E-state index in [1.54, 1.807) is 11.4 Å². The van der Waals surface area contributed by atoms with Gasteiger partial charge in [-0.25, -0.2) is 4.98 Å². The summed E-state index contributed by atoms with van der Waals surface area (Å²) in [5.74, 6) is 0. The number of nitro benzene ring substituents is 1. The lowest BCUT2D eigenvalue weighted by Crippen LogP contribution is -2.20. The summed E-state index contributed by atoms with van der Waals surface area (Å²) < 4.78 is 1.39. The van der Waals surface area contributed by atoms with Gasteiger partial charge in [0.05, 0.1) is 23.2 Å². The second kappa shape index (κ2) is 5.27. The molecule has 3 rings (SSSR count). The maximum Gasteiger partial charge on any atom is 0.269 e. The first-order valence-electron chi connectivity index (χ1n) is 5.92. The molecule has 0 saturated carbocycles. The Balaban J connectivity index is 2.06. The third-order valence-corrected chi connectivity index (χ3v) is 4.22. The number of benzene rings is 1. The maximum absolute atomic E-state index is 12.3. The Morgan fingerprint density at radius 3 is 2.95 bits per heavy atom. The monoisotopic (exact) mass is 321 g/mol. The number of nitro groups is 1. The van der Waals surface area contributed by atoms with Gasteiger partial charge in [-0.05, 0) is 23.1 Å². The van der Waals surface area contributed by atoms with E-state index in [2.05, 4.69) is 4.98 Å². The van der Waals surface area contributed by atoms with Crippen molar-refractivity contribution in [3.8, 4) is 0 Å². The molecule has 2 heterocycles. The SMILES string of the molecule is O=c1c2ccsc2ncn1Cc1cc([N+](=O)[O-])ccc1Cl. The van der Waals surface area contributed by atoms with Crippen LogP contribution < -0.4 is 5.56 Å². The van der Waals surface area contributed by atoms with Crippen molar-refractivity contribution >= 4 is 38.8 Å². The topological polar surface area (TPSA) is 78.0 Å². The molecule has 21 heavy (non-hydrogen) atoms. The number of non-ortho nitro benzene ring substituents is 1. The van der Waals surface area contributed by atoms with Crippen LogP contribution in [0.1, 0.15) is 5.56 Å². The zero-order chi connectivity index (χ0) is 15.0. The minimum absolute atomic E-state index is 0.0629. The van der Waals surface area contributed by atoms with Gasteiger partial charge < -0.3 is 0 Å². The molecule has 106 valence electrons. The molecule has 0 unspecified atom stereocenters. The lowest BCUT2D eigenvalue weighted by atomic mass is 10.2. The van der Waals surface area contributed by atoms with E-state index in [0.29, 0.717) is 20.8 Å². The summed E-state index contributed by atoms with van der Waals surface area (Å²) in [5, 5.41) is 13.5. The lowest BCUT2D eigenvalue weighted by Gasteiger charge is -2.07. The van der Waals surface area contributed by atoms with Gasteiger partial charge in [0.15, 0.2) is 0 Å². The summed E-state index contributed by atoms with van der Waals surface area (Å²) >= 11 is 7.43. The van der Waals surface area contributed by atoms with Gasteiger partial charge in [-0.3, -0.25) is 19.5 Å². The summed E-state index contributed by atoms with van der Waals surface area (Å²) in [6.07, 6.45) is 1.43. The molecule has 2 aromatic heterocycles. The van der Waals surface area contributed by atoms with E-state index in [1.165, 1.54) is 40.4 Å². The number of hydrogen-bond donors (Lipinski definition) is 0. The van der Waals surface area contributed by atoms with Gasteiger partial charge >= 0.3 is 0 Å². The van der Waals surface area contributed by atoms with Crippen LogP contribution in [-0.4, -0.2) is 14.5 Å². The maximum atomic E-state index is 12.3. The summed E-state index contributed by atoms with van der Waals surface area (Å²) in [5.41, 5.74) is 0.250. The highest BCUT2D eigenvalue weighted by Crippen LogP contribution is 2.23. The number of nitrogens with zero attached hydrogens (tertiary/aromatic N) is 3. The number of fused-ring (bicyclic) bond motifs is 1. The second-order valence-electron chi connectivity index (χ2n) is 4.35. The predicted molar refractivity (Wildman–Crippen MR) is 81.1 cm³/mol. The zero-order valence-corrected chi connectivity index (χ0v) is 12.1. The Kier molecular flexibility index (Phi) is 3.44. The molecular weight excluding hydrogens is 314 g/mol. The van der Waals surface area contributed by atoms with Crippen LogP contribution >= 0.6 is 22.9 Å². The summed E-state index contributed by atoms with van der Waals surface area (Å²) in [6.45, 7) is 0.137. The molecule has 6 nitrogen and oxygen atoms in total. The van der Waals surface area contributed by atoms with Crippen LogP contribution in [0.2, 0.25) is 5.02 Å². The quantitative estimate of drug-likeness (QED) is 0.548. The fourth-order valence-electron chi connectivity index (χ4n) is 1.99. The molecule has 0 saturated heterocycles. The van der Waals surface area contributed by atoms with Gasteiger partial charge in [-0.2, -0.15) is 0 Å². The van der Waals surface area contributed by atoms with Crippen LogP contribution in [0.25, 0.3) is 10.2 Å². The van der Waals surface area contributed by atoms with E-state index < -0.39 is 4.92 Å². The molecule has 0 amide bonds. The van der Waals surface area contributed by atoms with E-state index in [-0.39, 0.29) is 17.8 Å². The Morgan fingerprint density at radius 1 is 1.38 bits per heavy atom. The molecule has 0 fully saturated rings. The fourth-order valence-corrected chi connectivity index (χ4v) is 2.89. The predicted octanol–water partition coefficient (Wildman–Crippen LogP) is 3.07. The van der Waals surface area contributed by atoms with Gasteiger partial charge in [0, 0.05) is 17.2 Å². The van der Waals surface area contributed by atoms with E-state index in [9.17, 15) is 14.9 Å². The number of aromatic nitrogens is 2. The first-order chi connectivity index (χ1) is 10.1. The number of hydrogen-bond acceptors (Lipinski definition) is 5. The van der Waals surface area contributed by atoms with Gasteiger partial charge in [0.2, 0.25) is 0 Å². The van der Waals surface area contributed by atoms with Crippen molar-refractivity contribution in [1.82, 2.24) is 9.55 Å². The lowest BCUT2D eigenvalue weighted by molar-refractivity contribution is -0.384. The minimum atomic E-state index is -0.497. The van der Waals surface area contributed by atoms with Gasteiger partial charge in [0.1, 0.15) is 4.83 Å². The Labute approximate surface area is 127 Å². The van der Waals surface area contributed by atoms with Crippen molar-refractivity contribution in [1.29, 1.82) is 0 Å². The highest BCUT2D eigenvalue weighted by molar-refractivity contribution is 7.16. The van der Waals surface area contributed by atoms with Crippen molar-refractivity contribution < 1.29 is 4.92 Å². The Bertz CT molecular complexity index is 903. The average Bonchev–Trinajstić information content (AvgIpc) is 2.93. The van der Waals surface area contributed by atoms with E-state index >= 15 is 0 Å². The largest absolute Gasteiger partial charge is 0.294 e. The first-order valence-corrected chi connectivity index (χ1v) is 7.17. The Morgan fingerprint density at radius 2 is 2.19 bits per heavy atom. The molecule has 1 aromatic carbocycles. The molecular formula is C13H8ClN3O3S. The highest BCUT2D eigenvalue weighted by atomic mass is 35.5. The van der Waals surface area contributed by atoms with Crippen molar-refractivity contribution in [2.45, 2.75) is 6.54 Å². The standard InChI is InChI=1S/C13H8ClN3O3S/c14-11-2-1-9(17(19)20)5-8(11)6-16-7-15-12-10(13(16)18)3-4-21-12/h1-5,7H,6H2. The van der Waals surface area contributed by atoms with Crippen molar-refractivity contribution in [3.63, 3.8) is 0 Å². The van der Waals surface area contributed by atoms with Crippen LogP contribution in [0.3, 0.4) is 0 Å². The summed E-state index contributed by atoms with van der Waals surface area (Å²) in [4.78, 5) is 27.4. The van der Waals surface area contributed by atoms with Gasteiger partial charge in [-0.1, -0.05) is 11.6 Å². The van der Waals surface area contributed by atoms with E-state index in [0.717, 1.165) is 0 Å².